The van der Waals surface area contributed by atoms with Crippen molar-refractivity contribution in [2.45, 2.75) is 4.90 Å². The van der Waals surface area contributed by atoms with E-state index >= 15 is 0 Å². The maximum Gasteiger partial charge on any atom is 0.264 e. The van der Waals surface area contributed by atoms with E-state index in [1.807, 2.05) is 0 Å². The first-order valence-corrected chi connectivity index (χ1v) is 9.84. The lowest BCUT2D eigenvalue weighted by atomic mass is 10.3. The lowest BCUT2D eigenvalue weighted by Gasteiger charge is -2.24. The third-order valence-electron chi connectivity index (χ3n) is 3.44. The Kier molecular flexibility index (Phi) is 7.28. The Morgan fingerprint density at radius 2 is 1.81 bits per heavy atom. The second kappa shape index (κ2) is 9.23. The highest BCUT2D eigenvalue weighted by Crippen LogP contribution is 2.30. The zero-order chi connectivity index (χ0) is 19.2. The van der Waals surface area contributed by atoms with Gasteiger partial charge in [-0.05, 0) is 30.3 Å². The number of methoxy groups -OCH3 is 1. The molecule has 0 aliphatic rings. The second-order valence-corrected chi connectivity index (χ2v) is 7.94. The van der Waals surface area contributed by atoms with Crippen LogP contribution >= 0.6 is 23.2 Å². The molecule has 6 nitrogen and oxygen atoms in total. The minimum absolute atomic E-state index is 0.0655. The average molecular weight is 417 g/mol. The van der Waals surface area contributed by atoms with Crippen molar-refractivity contribution in [1.29, 1.82) is 0 Å². The molecule has 0 saturated carbocycles. The summed E-state index contributed by atoms with van der Waals surface area (Å²) in [5.41, 5.74) is 0.241. The molecule has 2 rings (SSSR count). The normalized spacial score (nSPS) is 11.2. The fraction of sp³-hybridized carbons (Fsp3) is 0.235. The SMILES string of the molecule is COCCNC(=O)CN(c1ccc(Cl)c(Cl)c1)S(=O)(=O)c1ccccc1. The largest absolute Gasteiger partial charge is 0.383 e. The van der Waals surface area contributed by atoms with Crippen LogP contribution in [0.15, 0.2) is 53.4 Å². The highest BCUT2D eigenvalue weighted by atomic mass is 35.5. The topological polar surface area (TPSA) is 75.7 Å². The number of ether oxygens (including phenoxy) is 1. The van der Waals surface area contributed by atoms with Crippen LogP contribution in [-0.4, -0.2) is 41.1 Å². The molecule has 0 unspecified atom stereocenters. The highest BCUT2D eigenvalue weighted by molar-refractivity contribution is 7.92. The number of sulfonamides is 1. The summed E-state index contributed by atoms with van der Waals surface area (Å²) in [6.07, 6.45) is 0. The monoisotopic (exact) mass is 416 g/mol. The van der Waals surface area contributed by atoms with Gasteiger partial charge >= 0.3 is 0 Å². The van der Waals surface area contributed by atoms with Gasteiger partial charge in [-0.3, -0.25) is 9.10 Å². The third kappa shape index (κ3) is 5.11. The molecule has 9 heteroatoms. The Bertz CT molecular complexity index is 860. The Hall–Kier alpha value is -1.80. The van der Waals surface area contributed by atoms with Gasteiger partial charge in [0.05, 0.1) is 27.2 Å². The maximum atomic E-state index is 13.0. The van der Waals surface area contributed by atoms with E-state index in [-0.39, 0.29) is 27.2 Å². The maximum absolute atomic E-state index is 13.0. The fourth-order valence-electron chi connectivity index (χ4n) is 2.15. The molecular weight excluding hydrogens is 399 g/mol. The van der Waals surface area contributed by atoms with Gasteiger partial charge in [-0.25, -0.2) is 8.42 Å². The van der Waals surface area contributed by atoms with Gasteiger partial charge in [-0.1, -0.05) is 41.4 Å². The van der Waals surface area contributed by atoms with Crippen LogP contribution in [0.4, 0.5) is 5.69 Å². The smallest absolute Gasteiger partial charge is 0.264 e. The molecule has 0 aliphatic carbocycles. The van der Waals surface area contributed by atoms with Crippen LogP contribution in [0.2, 0.25) is 10.0 Å². The fourth-order valence-corrected chi connectivity index (χ4v) is 3.88. The van der Waals surface area contributed by atoms with E-state index < -0.39 is 22.5 Å². The zero-order valence-corrected chi connectivity index (χ0v) is 16.3. The van der Waals surface area contributed by atoms with E-state index in [4.69, 9.17) is 27.9 Å². The Labute approximate surface area is 162 Å². The lowest BCUT2D eigenvalue weighted by Crippen LogP contribution is -2.41. The summed E-state index contributed by atoms with van der Waals surface area (Å²) in [7, 11) is -2.46. The minimum Gasteiger partial charge on any atom is -0.383 e. The van der Waals surface area contributed by atoms with E-state index in [0.29, 0.717) is 6.61 Å². The van der Waals surface area contributed by atoms with Gasteiger partial charge in [-0.2, -0.15) is 0 Å². The molecule has 0 saturated heterocycles. The number of carbonyl (C=O) groups excluding carboxylic acids is 1. The Morgan fingerprint density at radius 3 is 2.42 bits per heavy atom. The standard InChI is InChI=1S/C17H18Cl2N2O4S/c1-25-10-9-20-17(22)12-21(13-7-8-15(18)16(19)11-13)26(23,24)14-5-3-2-4-6-14/h2-8,11H,9-10,12H2,1H3,(H,20,22). The molecule has 2 aromatic rings. The van der Waals surface area contributed by atoms with Crippen LogP contribution in [0.5, 0.6) is 0 Å². The molecule has 0 aliphatic heterocycles. The van der Waals surface area contributed by atoms with Crippen molar-refractivity contribution in [3.8, 4) is 0 Å². The summed E-state index contributed by atoms with van der Waals surface area (Å²) in [5, 5.41) is 3.09. The van der Waals surface area contributed by atoms with Crippen molar-refractivity contribution < 1.29 is 17.9 Å². The van der Waals surface area contributed by atoms with Crippen molar-refractivity contribution in [3.63, 3.8) is 0 Å². The average Bonchev–Trinajstić information content (AvgIpc) is 2.63. The number of halogens is 2. The summed E-state index contributed by atoms with van der Waals surface area (Å²) in [4.78, 5) is 12.3. The van der Waals surface area contributed by atoms with Gasteiger partial charge in [-0.15, -0.1) is 0 Å². The molecule has 0 fully saturated rings. The van der Waals surface area contributed by atoms with Crippen LogP contribution in [0.3, 0.4) is 0 Å². The molecule has 26 heavy (non-hydrogen) atoms. The molecule has 1 amide bonds. The number of hydrogen-bond acceptors (Lipinski definition) is 4. The predicted molar refractivity (Wildman–Crippen MR) is 102 cm³/mol. The van der Waals surface area contributed by atoms with E-state index in [2.05, 4.69) is 5.32 Å². The van der Waals surface area contributed by atoms with Gasteiger partial charge in [0.1, 0.15) is 6.54 Å². The molecule has 0 spiro atoms. The van der Waals surface area contributed by atoms with E-state index in [1.165, 1.54) is 37.4 Å². The molecule has 2 aromatic carbocycles. The number of benzene rings is 2. The van der Waals surface area contributed by atoms with Crippen molar-refractivity contribution in [2.75, 3.05) is 31.1 Å². The molecule has 1 N–H and O–H groups in total. The Morgan fingerprint density at radius 1 is 1.12 bits per heavy atom. The number of carbonyl (C=O) groups is 1. The molecule has 0 heterocycles. The van der Waals surface area contributed by atoms with E-state index in [9.17, 15) is 13.2 Å². The number of amides is 1. The van der Waals surface area contributed by atoms with Gasteiger partial charge in [0.2, 0.25) is 5.91 Å². The molecule has 140 valence electrons. The van der Waals surface area contributed by atoms with Gasteiger partial charge in [0.15, 0.2) is 0 Å². The quantitative estimate of drug-likeness (QED) is 0.671. The molecule has 0 radical (unpaired) electrons. The molecular formula is C17H18Cl2N2O4S. The van der Waals surface area contributed by atoms with Crippen molar-refractivity contribution >= 4 is 44.8 Å². The molecule has 0 aromatic heterocycles. The molecule has 0 bridgehead atoms. The van der Waals surface area contributed by atoms with Crippen LogP contribution in [0, 0.1) is 0 Å². The zero-order valence-electron chi connectivity index (χ0n) is 14.0. The predicted octanol–water partition coefficient (Wildman–Crippen LogP) is 2.95. The van der Waals surface area contributed by atoms with Crippen LogP contribution < -0.4 is 9.62 Å². The number of rotatable bonds is 8. The first-order valence-electron chi connectivity index (χ1n) is 7.64. The minimum atomic E-state index is -3.97. The van der Waals surface area contributed by atoms with Crippen molar-refractivity contribution in [1.82, 2.24) is 5.32 Å². The summed E-state index contributed by atoms with van der Waals surface area (Å²) in [6, 6.07) is 12.2. The highest BCUT2D eigenvalue weighted by Gasteiger charge is 2.27. The van der Waals surface area contributed by atoms with Crippen LogP contribution in [0.25, 0.3) is 0 Å². The number of anilines is 1. The van der Waals surface area contributed by atoms with Gasteiger partial charge in [0, 0.05) is 13.7 Å². The number of hydrogen-bond donors (Lipinski definition) is 1. The van der Waals surface area contributed by atoms with Gasteiger partial charge < -0.3 is 10.1 Å². The second-order valence-electron chi connectivity index (χ2n) is 5.27. The summed E-state index contributed by atoms with van der Waals surface area (Å²) < 4.78 is 31.9. The van der Waals surface area contributed by atoms with Crippen LogP contribution in [-0.2, 0) is 19.6 Å². The van der Waals surface area contributed by atoms with E-state index in [0.717, 1.165) is 4.31 Å². The lowest BCUT2D eigenvalue weighted by molar-refractivity contribution is -0.119. The first-order chi connectivity index (χ1) is 12.4. The van der Waals surface area contributed by atoms with Crippen molar-refractivity contribution in [2.24, 2.45) is 0 Å². The summed E-state index contributed by atoms with van der Waals surface area (Å²) in [5.74, 6) is -0.465. The number of nitrogens with zero attached hydrogens (tertiary/aromatic N) is 1. The summed E-state index contributed by atoms with van der Waals surface area (Å²) >= 11 is 11.9. The van der Waals surface area contributed by atoms with Crippen LogP contribution in [0.1, 0.15) is 0 Å². The van der Waals surface area contributed by atoms with Crippen molar-refractivity contribution in [3.05, 3.63) is 58.6 Å². The van der Waals surface area contributed by atoms with Gasteiger partial charge in [0.25, 0.3) is 10.0 Å². The summed E-state index contributed by atoms with van der Waals surface area (Å²) in [6.45, 7) is 0.193. The first kappa shape index (κ1) is 20.5. The van der Waals surface area contributed by atoms with E-state index in [1.54, 1.807) is 18.2 Å². The number of nitrogens with one attached hydrogen (secondary N) is 1. The Balaban J connectivity index is 2.38. The molecule has 0 atom stereocenters. The third-order valence-corrected chi connectivity index (χ3v) is 5.97.